The van der Waals surface area contributed by atoms with Crippen molar-refractivity contribution in [3.8, 4) is 11.5 Å². The van der Waals surface area contributed by atoms with Gasteiger partial charge >= 0.3 is 5.97 Å². The lowest BCUT2D eigenvalue weighted by atomic mass is 10.1. The zero-order chi connectivity index (χ0) is 13.5. The number of hydrogen-bond donors (Lipinski definition) is 2. The van der Waals surface area contributed by atoms with Crippen molar-refractivity contribution in [3.63, 3.8) is 0 Å². The molecule has 0 saturated carbocycles. The Morgan fingerprint density at radius 3 is 2.67 bits per heavy atom. The lowest BCUT2D eigenvalue weighted by Gasteiger charge is -2.16. The largest absolute Gasteiger partial charge is 0.493 e. The fourth-order valence-electron chi connectivity index (χ4n) is 1.60. The standard InChI is InChI=1S/C13H19NO4/c1-3-10(13(15)16)18-12-8-9(6-7-14)4-5-11(12)17-2/h4-5,8,10H,3,6-7,14H2,1-2H3,(H,15,16). The molecule has 5 nitrogen and oxygen atoms in total. The number of methoxy groups -OCH3 is 1. The Hall–Kier alpha value is -1.75. The predicted octanol–water partition coefficient (Wildman–Crippen LogP) is 1.44. The first-order valence-electron chi connectivity index (χ1n) is 5.88. The Kier molecular flexibility index (Phi) is 5.45. The summed E-state index contributed by atoms with van der Waals surface area (Å²) in [6, 6.07) is 5.42. The van der Waals surface area contributed by atoms with Crippen LogP contribution in [0.5, 0.6) is 11.5 Å². The van der Waals surface area contributed by atoms with Gasteiger partial charge in [0.25, 0.3) is 0 Å². The van der Waals surface area contributed by atoms with Crippen molar-refractivity contribution >= 4 is 5.97 Å². The summed E-state index contributed by atoms with van der Waals surface area (Å²) in [5, 5.41) is 8.99. The molecule has 1 unspecified atom stereocenters. The third kappa shape index (κ3) is 3.63. The van der Waals surface area contributed by atoms with E-state index in [1.807, 2.05) is 6.07 Å². The van der Waals surface area contributed by atoms with Gasteiger partial charge in [0.15, 0.2) is 17.6 Å². The Balaban J connectivity index is 2.96. The SMILES string of the molecule is CCC(Oc1cc(CCN)ccc1OC)C(=O)O. The van der Waals surface area contributed by atoms with E-state index in [1.54, 1.807) is 19.1 Å². The molecule has 100 valence electrons. The maximum atomic E-state index is 11.0. The molecule has 0 radical (unpaired) electrons. The second-order valence-corrected chi connectivity index (χ2v) is 3.88. The first kappa shape index (κ1) is 14.3. The van der Waals surface area contributed by atoms with Gasteiger partial charge < -0.3 is 20.3 Å². The minimum atomic E-state index is -0.983. The molecule has 0 amide bonds. The van der Waals surface area contributed by atoms with E-state index >= 15 is 0 Å². The molecule has 0 aromatic heterocycles. The first-order chi connectivity index (χ1) is 8.62. The topological polar surface area (TPSA) is 81.8 Å². The fraction of sp³-hybridized carbons (Fsp3) is 0.462. The second-order valence-electron chi connectivity index (χ2n) is 3.88. The fourth-order valence-corrected chi connectivity index (χ4v) is 1.60. The average Bonchev–Trinajstić information content (AvgIpc) is 2.36. The normalized spacial score (nSPS) is 11.9. The molecular weight excluding hydrogens is 234 g/mol. The molecule has 0 saturated heterocycles. The average molecular weight is 253 g/mol. The van der Waals surface area contributed by atoms with Gasteiger partial charge in [0.2, 0.25) is 0 Å². The van der Waals surface area contributed by atoms with Gasteiger partial charge in [-0.25, -0.2) is 4.79 Å². The number of ether oxygens (including phenoxy) is 2. The predicted molar refractivity (Wildman–Crippen MR) is 68.1 cm³/mol. The van der Waals surface area contributed by atoms with Gasteiger partial charge in [0.05, 0.1) is 7.11 Å². The summed E-state index contributed by atoms with van der Waals surface area (Å²) in [6.07, 6.45) is 0.233. The summed E-state index contributed by atoms with van der Waals surface area (Å²) < 4.78 is 10.6. The van der Waals surface area contributed by atoms with Crippen molar-refractivity contribution in [2.24, 2.45) is 5.73 Å². The van der Waals surface area contributed by atoms with E-state index in [9.17, 15) is 4.79 Å². The maximum absolute atomic E-state index is 11.0. The quantitative estimate of drug-likeness (QED) is 0.768. The molecule has 5 heteroatoms. The van der Waals surface area contributed by atoms with Crippen molar-refractivity contribution in [3.05, 3.63) is 23.8 Å². The number of hydrogen-bond acceptors (Lipinski definition) is 4. The van der Waals surface area contributed by atoms with Crippen LogP contribution < -0.4 is 15.2 Å². The highest BCUT2D eigenvalue weighted by Crippen LogP contribution is 2.29. The van der Waals surface area contributed by atoms with Gasteiger partial charge in [-0.15, -0.1) is 0 Å². The minimum Gasteiger partial charge on any atom is -0.493 e. The molecule has 0 fully saturated rings. The molecule has 0 aliphatic heterocycles. The van der Waals surface area contributed by atoms with Crippen LogP contribution in [-0.2, 0) is 11.2 Å². The summed E-state index contributed by atoms with van der Waals surface area (Å²) >= 11 is 0. The molecule has 0 spiro atoms. The molecule has 0 aliphatic carbocycles. The van der Waals surface area contributed by atoms with E-state index < -0.39 is 12.1 Å². The third-order valence-electron chi connectivity index (χ3n) is 2.58. The van der Waals surface area contributed by atoms with Crippen molar-refractivity contribution in [1.82, 2.24) is 0 Å². The van der Waals surface area contributed by atoms with Crippen LogP contribution >= 0.6 is 0 Å². The molecular formula is C13H19NO4. The highest BCUT2D eigenvalue weighted by Gasteiger charge is 2.19. The lowest BCUT2D eigenvalue weighted by molar-refractivity contribution is -0.145. The molecule has 0 aliphatic rings. The number of nitrogens with two attached hydrogens (primary N) is 1. The lowest BCUT2D eigenvalue weighted by Crippen LogP contribution is -2.26. The van der Waals surface area contributed by atoms with Crippen molar-refractivity contribution in [2.45, 2.75) is 25.9 Å². The third-order valence-corrected chi connectivity index (χ3v) is 2.58. The molecule has 0 bridgehead atoms. The molecule has 1 aromatic rings. The highest BCUT2D eigenvalue weighted by atomic mass is 16.5. The van der Waals surface area contributed by atoms with Crippen LogP contribution in [0.3, 0.4) is 0 Å². The maximum Gasteiger partial charge on any atom is 0.344 e. The zero-order valence-electron chi connectivity index (χ0n) is 10.7. The highest BCUT2D eigenvalue weighted by molar-refractivity contribution is 5.72. The van der Waals surface area contributed by atoms with Crippen LogP contribution in [0.2, 0.25) is 0 Å². The summed E-state index contributed by atoms with van der Waals surface area (Å²) in [5.41, 5.74) is 6.48. The van der Waals surface area contributed by atoms with Gasteiger partial charge in [-0.05, 0) is 37.1 Å². The van der Waals surface area contributed by atoms with Gasteiger partial charge in [0, 0.05) is 0 Å². The first-order valence-corrected chi connectivity index (χ1v) is 5.88. The van der Waals surface area contributed by atoms with Crippen LogP contribution in [0.1, 0.15) is 18.9 Å². The second kappa shape index (κ2) is 6.86. The Bertz CT molecular complexity index is 406. The number of aliphatic carboxylic acids is 1. The summed E-state index contributed by atoms with van der Waals surface area (Å²) in [7, 11) is 1.52. The Labute approximate surface area is 107 Å². The van der Waals surface area contributed by atoms with Gasteiger partial charge in [0.1, 0.15) is 0 Å². The minimum absolute atomic E-state index is 0.388. The molecule has 1 aromatic carbocycles. The molecule has 3 N–H and O–H groups in total. The monoisotopic (exact) mass is 253 g/mol. The number of carboxylic acid groups (broad SMARTS) is 1. The summed E-state index contributed by atoms with van der Waals surface area (Å²) in [6.45, 7) is 2.29. The van der Waals surface area contributed by atoms with Crippen LogP contribution in [0.15, 0.2) is 18.2 Å². The zero-order valence-corrected chi connectivity index (χ0v) is 10.7. The van der Waals surface area contributed by atoms with E-state index in [4.69, 9.17) is 20.3 Å². The van der Waals surface area contributed by atoms with Crippen molar-refractivity contribution < 1.29 is 19.4 Å². The molecule has 0 heterocycles. The molecule has 1 rings (SSSR count). The number of benzene rings is 1. The van der Waals surface area contributed by atoms with E-state index in [0.717, 1.165) is 5.56 Å². The van der Waals surface area contributed by atoms with Crippen molar-refractivity contribution in [1.29, 1.82) is 0 Å². The van der Waals surface area contributed by atoms with E-state index in [1.165, 1.54) is 7.11 Å². The summed E-state index contributed by atoms with van der Waals surface area (Å²) in [5.74, 6) is -0.0167. The summed E-state index contributed by atoms with van der Waals surface area (Å²) in [4.78, 5) is 11.0. The number of rotatable bonds is 7. The Morgan fingerprint density at radius 2 is 2.17 bits per heavy atom. The smallest absolute Gasteiger partial charge is 0.344 e. The van der Waals surface area contributed by atoms with E-state index in [0.29, 0.717) is 30.9 Å². The molecule has 18 heavy (non-hydrogen) atoms. The number of carbonyl (C=O) groups is 1. The van der Waals surface area contributed by atoms with Crippen LogP contribution in [0.25, 0.3) is 0 Å². The van der Waals surface area contributed by atoms with E-state index in [-0.39, 0.29) is 0 Å². The van der Waals surface area contributed by atoms with Crippen LogP contribution in [0.4, 0.5) is 0 Å². The molecule has 1 atom stereocenters. The van der Waals surface area contributed by atoms with Gasteiger partial charge in [-0.3, -0.25) is 0 Å². The van der Waals surface area contributed by atoms with Crippen LogP contribution in [0, 0.1) is 0 Å². The van der Waals surface area contributed by atoms with Gasteiger partial charge in [-0.2, -0.15) is 0 Å². The number of carboxylic acids is 1. The van der Waals surface area contributed by atoms with Crippen LogP contribution in [-0.4, -0.2) is 30.8 Å². The Morgan fingerprint density at radius 1 is 1.44 bits per heavy atom. The van der Waals surface area contributed by atoms with E-state index in [2.05, 4.69) is 0 Å². The van der Waals surface area contributed by atoms with Gasteiger partial charge in [-0.1, -0.05) is 13.0 Å². The van der Waals surface area contributed by atoms with Crippen molar-refractivity contribution in [2.75, 3.05) is 13.7 Å².